The molecule has 5 nitrogen and oxygen atoms in total. The molecule has 0 saturated heterocycles. The summed E-state index contributed by atoms with van der Waals surface area (Å²) in [7, 11) is 3.98. The van der Waals surface area contributed by atoms with Gasteiger partial charge >= 0.3 is 0 Å². The number of benzene rings is 2. The van der Waals surface area contributed by atoms with Gasteiger partial charge in [0.25, 0.3) is 0 Å². The van der Waals surface area contributed by atoms with Crippen LogP contribution in [0.4, 0.5) is 8.78 Å². The van der Waals surface area contributed by atoms with E-state index in [-0.39, 0.29) is 17.7 Å². The summed E-state index contributed by atoms with van der Waals surface area (Å²) in [5.41, 5.74) is 1.71. The summed E-state index contributed by atoms with van der Waals surface area (Å²) in [5, 5.41) is 4.86. The molecule has 1 fully saturated rings. The quantitative estimate of drug-likeness (QED) is 0.462. The Labute approximate surface area is 186 Å². The van der Waals surface area contributed by atoms with Crippen molar-refractivity contribution in [2.24, 2.45) is 0 Å². The first kappa shape index (κ1) is 21.8. The normalized spacial score (nSPS) is 15.1. The van der Waals surface area contributed by atoms with Crippen LogP contribution in [0.3, 0.4) is 0 Å². The number of aromatic nitrogens is 3. The van der Waals surface area contributed by atoms with Gasteiger partial charge in [-0.15, -0.1) is 0 Å². The van der Waals surface area contributed by atoms with Crippen LogP contribution in [0.2, 0.25) is 0 Å². The fraction of sp³-hybridized carbons (Fsp3) is 0.391. The molecule has 2 aromatic carbocycles. The van der Waals surface area contributed by atoms with Crippen molar-refractivity contribution >= 4 is 12.2 Å². The highest BCUT2D eigenvalue weighted by molar-refractivity contribution is 7.71. The van der Waals surface area contributed by atoms with Crippen molar-refractivity contribution in [1.82, 2.24) is 24.1 Å². The third kappa shape index (κ3) is 4.92. The summed E-state index contributed by atoms with van der Waals surface area (Å²) in [4.78, 5) is 4.35. The zero-order chi connectivity index (χ0) is 22.1. The lowest BCUT2D eigenvalue weighted by atomic mass is 10.2. The molecule has 0 aliphatic heterocycles. The molecule has 0 N–H and O–H groups in total. The number of nitrogens with zero attached hydrogens (tertiary/aromatic N) is 5. The molecule has 1 unspecified atom stereocenters. The van der Waals surface area contributed by atoms with Gasteiger partial charge in [-0.25, -0.2) is 13.5 Å². The summed E-state index contributed by atoms with van der Waals surface area (Å²) in [6, 6.07) is 13.4. The Kier molecular flexibility index (Phi) is 6.31. The second-order valence-corrected chi connectivity index (χ2v) is 8.71. The van der Waals surface area contributed by atoms with E-state index < -0.39 is 0 Å². The molecule has 0 radical (unpaired) electrons. The lowest BCUT2D eigenvalue weighted by Gasteiger charge is -2.22. The predicted molar refractivity (Wildman–Crippen MR) is 119 cm³/mol. The SMILES string of the molecule is CC(c1nn(CN(Cc2cccc(F)c2)C2CC2)c(=S)n1-c1ccc(F)cc1)N(C)C. The van der Waals surface area contributed by atoms with Crippen molar-refractivity contribution in [3.63, 3.8) is 0 Å². The van der Waals surface area contributed by atoms with Crippen LogP contribution in [0.15, 0.2) is 48.5 Å². The van der Waals surface area contributed by atoms with E-state index in [9.17, 15) is 8.78 Å². The largest absolute Gasteiger partial charge is 0.300 e. The third-order valence-corrected chi connectivity index (χ3v) is 6.14. The summed E-state index contributed by atoms with van der Waals surface area (Å²) < 4.78 is 31.5. The second-order valence-electron chi connectivity index (χ2n) is 8.34. The van der Waals surface area contributed by atoms with E-state index in [2.05, 4.69) is 16.7 Å². The van der Waals surface area contributed by atoms with Gasteiger partial charge in [0.15, 0.2) is 5.82 Å². The monoisotopic (exact) mass is 443 g/mol. The van der Waals surface area contributed by atoms with Crippen LogP contribution in [0, 0.1) is 16.4 Å². The minimum atomic E-state index is -0.292. The molecule has 0 spiro atoms. The molecule has 0 amide bonds. The van der Waals surface area contributed by atoms with E-state index >= 15 is 0 Å². The van der Waals surface area contributed by atoms with Crippen LogP contribution in [-0.4, -0.2) is 44.3 Å². The van der Waals surface area contributed by atoms with Crippen LogP contribution in [0.25, 0.3) is 5.69 Å². The first-order chi connectivity index (χ1) is 14.8. The standard InChI is InChI=1S/C23H27F2N5S/c1-16(27(2)3)22-26-29(23(31)30(22)21-9-7-18(24)8-10-21)15-28(20-11-12-20)14-17-5-4-6-19(25)13-17/h4-10,13,16,20H,11-12,14-15H2,1-3H3. The lowest BCUT2D eigenvalue weighted by Crippen LogP contribution is -2.29. The van der Waals surface area contributed by atoms with Gasteiger partial charge in [-0.2, -0.15) is 5.10 Å². The molecule has 1 aromatic heterocycles. The molecule has 1 aliphatic rings. The average molecular weight is 444 g/mol. The topological polar surface area (TPSA) is 29.2 Å². The molecular formula is C23H27F2N5S. The molecule has 0 bridgehead atoms. The first-order valence-electron chi connectivity index (χ1n) is 10.4. The van der Waals surface area contributed by atoms with Gasteiger partial charge in [0.05, 0.1) is 12.7 Å². The molecule has 8 heteroatoms. The van der Waals surface area contributed by atoms with Crippen molar-refractivity contribution in [2.75, 3.05) is 14.1 Å². The Hall–Kier alpha value is -2.42. The van der Waals surface area contributed by atoms with Crippen LogP contribution in [-0.2, 0) is 13.2 Å². The molecule has 1 saturated carbocycles. The Balaban J connectivity index is 1.69. The Morgan fingerprint density at radius 2 is 1.81 bits per heavy atom. The van der Waals surface area contributed by atoms with Crippen LogP contribution < -0.4 is 0 Å². The Morgan fingerprint density at radius 3 is 2.42 bits per heavy atom. The molecule has 1 aliphatic carbocycles. The molecule has 3 aromatic rings. The molecule has 164 valence electrons. The fourth-order valence-corrected chi connectivity index (χ4v) is 3.92. The van der Waals surface area contributed by atoms with Crippen LogP contribution in [0.5, 0.6) is 0 Å². The fourth-order valence-electron chi connectivity index (χ4n) is 3.63. The van der Waals surface area contributed by atoms with E-state index in [4.69, 9.17) is 17.3 Å². The van der Waals surface area contributed by atoms with Gasteiger partial charge in [0.1, 0.15) is 11.6 Å². The van der Waals surface area contributed by atoms with E-state index in [0.29, 0.717) is 24.0 Å². The van der Waals surface area contributed by atoms with Gasteiger partial charge in [-0.3, -0.25) is 14.4 Å². The maximum Gasteiger partial charge on any atom is 0.203 e. The maximum absolute atomic E-state index is 13.7. The van der Waals surface area contributed by atoms with Gasteiger partial charge in [-0.1, -0.05) is 12.1 Å². The molecular weight excluding hydrogens is 416 g/mol. The molecule has 1 heterocycles. The summed E-state index contributed by atoms with van der Waals surface area (Å²) >= 11 is 5.81. The van der Waals surface area contributed by atoms with Gasteiger partial charge in [0.2, 0.25) is 4.77 Å². The van der Waals surface area contributed by atoms with Gasteiger partial charge in [-0.05, 0) is 88.0 Å². The Bertz CT molecular complexity index is 1100. The van der Waals surface area contributed by atoms with Crippen molar-refractivity contribution in [3.05, 3.63) is 76.3 Å². The summed E-state index contributed by atoms with van der Waals surface area (Å²) in [5.74, 6) is 0.274. The molecule has 1 atom stereocenters. The van der Waals surface area contributed by atoms with Crippen molar-refractivity contribution in [2.45, 2.75) is 45.1 Å². The van der Waals surface area contributed by atoms with Crippen molar-refractivity contribution < 1.29 is 8.78 Å². The molecule has 4 rings (SSSR count). The van der Waals surface area contributed by atoms with E-state index in [1.807, 2.05) is 29.4 Å². The Morgan fingerprint density at radius 1 is 1.10 bits per heavy atom. The zero-order valence-corrected chi connectivity index (χ0v) is 18.8. The van der Waals surface area contributed by atoms with Crippen molar-refractivity contribution in [1.29, 1.82) is 0 Å². The van der Waals surface area contributed by atoms with E-state index in [0.717, 1.165) is 29.9 Å². The van der Waals surface area contributed by atoms with E-state index in [1.165, 1.54) is 18.2 Å². The summed E-state index contributed by atoms with van der Waals surface area (Å²) in [6.07, 6.45) is 2.23. The number of hydrogen-bond acceptors (Lipinski definition) is 4. The summed E-state index contributed by atoms with van der Waals surface area (Å²) in [6.45, 7) is 3.21. The first-order valence-corrected chi connectivity index (χ1v) is 10.8. The van der Waals surface area contributed by atoms with E-state index in [1.54, 1.807) is 24.3 Å². The second kappa shape index (κ2) is 8.98. The lowest BCUT2D eigenvalue weighted by molar-refractivity contribution is 0.185. The third-order valence-electron chi connectivity index (χ3n) is 5.75. The predicted octanol–water partition coefficient (Wildman–Crippen LogP) is 4.93. The minimum Gasteiger partial charge on any atom is -0.300 e. The number of halogens is 2. The van der Waals surface area contributed by atoms with Gasteiger partial charge in [0, 0.05) is 18.3 Å². The highest BCUT2D eigenvalue weighted by atomic mass is 32.1. The number of rotatable bonds is 8. The highest BCUT2D eigenvalue weighted by Crippen LogP contribution is 2.29. The zero-order valence-electron chi connectivity index (χ0n) is 18.0. The smallest absolute Gasteiger partial charge is 0.203 e. The maximum atomic E-state index is 13.7. The minimum absolute atomic E-state index is 0.00518. The average Bonchev–Trinajstić information content (AvgIpc) is 3.53. The van der Waals surface area contributed by atoms with Crippen molar-refractivity contribution in [3.8, 4) is 5.69 Å². The number of hydrogen-bond donors (Lipinski definition) is 0. The van der Waals surface area contributed by atoms with Crippen LogP contribution >= 0.6 is 12.2 Å². The van der Waals surface area contributed by atoms with Gasteiger partial charge < -0.3 is 0 Å². The highest BCUT2D eigenvalue weighted by Gasteiger charge is 2.30. The molecule has 31 heavy (non-hydrogen) atoms. The van der Waals surface area contributed by atoms with Crippen LogP contribution in [0.1, 0.15) is 37.2 Å².